The Bertz CT molecular complexity index is 715. The number of carbonyl (C=O) groups excluding carboxylic acids is 1. The first-order valence-corrected chi connectivity index (χ1v) is 9.64. The number of rotatable bonds is 8. The third-order valence-corrected chi connectivity index (χ3v) is 4.87. The van der Waals surface area contributed by atoms with E-state index in [1.165, 1.54) is 19.3 Å². The molecule has 1 amide bonds. The summed E-state index contributed by atoms with van der Waals surface area (Å²) in [6.45, 7) is 6.74. The molecule has 2 aromatic heterocycles. The van der Waals surface area contributed by atoms with Gasteiger partial charge in [-0.3, -0.25) is 9.48 Å². The SMILES string of the molecule is CCCCn1ncc(C)c1NC(=O)c1cn(CCC2CCCCN2)nn1. The van der Waals surface area contributed by atoms with E-state index in [1.54, 1.807) is 17.1 Å². The van der Waals surface area contributed by atoms with Gasteiger partial charge in [-0.1, -0.05) is 25.0 Å². The average molecular weight is 359 g/mol. The topological polar surface area (TPSA) is 89.7 Å². The fourth-order valence-corrected chi connectivity index (χ4v) is 3.26. The van der Waals surface area contributed by atoms with Gasteiger partial charge in [-0.2, -0.15) is 5.10 Å². The quantitative estimate of drug-likeness (QED) is 0.755. The van der Waals surface area contributed by atoms with E-state index in [0.29, 0.717) is 11.7 Å². The second-order valence-electron chi connectivity index (χ2n) is 7.01. The molecule has 2 aromatic rings. The fraction of sp³-hybridized carbons (Fsp3) is 0.667. The lowest BCUT2D eigenvalue weighted by atomic mass is 10.0. The van der Waals surface area contributed by atoms with E-state index in [0.717, 1.165) is 50.3 Å². The van der Waals surface area contributed by atoms with Crippen molar-refractivity contribution in [3.05, 3.63) is 23.7 Å². The fourth-order valence-electron chi connectivity index (χ4n) is 3.26. The number of piperidine rings is 1. The highest BCUT2D eigenvalue weighted by Crippen LogP contribution is 2.16. The lowest BCUT2D eigenvalue weighted by Gasteiger charge is -2.23. The Morgan fingerprint density at radius 3 is 3.04 bits per heavy atom. The van der Waals surface area contributed by atoms with Gasteiger partial charge in [0.1, 0.15) is 5.82 Å². The van der Waals surface area contributed by atoms with E-state index in [9.17, 15) is 4.79 Å². The van der Waals surface area contributed by atoms with Crippen LogP contribution >= 0.6 is 0 Å². The molecule has 0 bridgehead atoms. The van der Waals surface area contributed by atoms with Gasteiger partial charge in [0, 0.05) is 24.7 Å². The molecule has 1 saturated heterocycles. The molecule has 0 aliphatic carbocycles. The minimum Gasteiger partial charge on any atom is -0.314 e. The second kappa shape index (κ2) is 8.93. The highest BCUT2D eigenvalue weighted by molar-refractivity contribution is 6.02. The minimum atomic E-state index is -0.242. The summed E-state index contributed by atoms with van der Waals surface area (Å²) in [6, 6.07) is 0.542. The monoisotopic (exact) mass is 359 g/mol. The summed E-state index contributed by atoms with van der Waals surface area (Å²) < 4.78 is 3.60. The van der Waals surface area contributed by atoms with Crippen molar-refractivity contribution < 1.29 is 4.79 Å². The largest absolute Gasteiger partial charge is 0.314 e. The number of hydrogen-bond donors (Lipinski definition) is 2. The van der Waals surface area contributed by atoms with Crippen molar-refractivity contribution in [3.63, 3.8) is 0 Å². The lowest BCUT2D eigenvalue weighted by molar-refractivity contribution is 0.102. The predicted molar refractivity (Wildman–Crippen MR) is 100 cm³/mol. The van der Waals surface area contributed by atoms with Gasteiger partial charge >= 0.3 is 0 Å². The van der Waals surface area contributed by atoms with Gasteiger partial charge in [-0.15, -0.1) is 5.10 Å². The molecule has 1 aliphatic heterocycles. The van der Waals surface area contributed by atoms with Gasteiger partial charge in [0.05, 0.1) is 12.4 Å². The molecule has 0 radical (unpaired) electrons. The summed E-state index contributed by atoms with van der Waals surface area (Å²) in [5.41, 5.74) is 1.29. The summed E-state index contributed by atoms with van der Waals surface area (Å²) >= 11 is 0. The van der Waals surface area contributed by atoms with Crippen molar-refractivity contribution in [2.75, 3.05) is 11.9 Å². The maximum absolute atomic E-state index is 12.5. The summed E-state index contributed by atoms with van der Waals surface area (Å²) in [6.07, 6.45) is 10.4. The second-order valence-corrected chi connectivity index (χ2v) is 7.01. The van der Waals surface area contributed by atoms with Crippen molar-refractivity contribution in [1.29, 1.82) is 0 Å². The molecule has 1 aliphatic rings. The molecule has 0 spiro atoms. The number of aryl methyl sites for hydroxylation is 3. The molecule has 1 fully saturated rings. The smallest absolute Gasteiger partial charge is 0.278 e. The van der Waals surface area contributed by atoms with E-state index in [4.69, 9.17) is 0 Å². The number of aromatic nitrogens is 5. The Balaban J connectivity index is 1.57. The first-order chi connectivity index (χ1) is 12.7. The predicted octanol–water partition coefficient (Wildman–Crippen LogP) is 2.37. The van der Waals surface area contributed by atoms with Crippen LogP contribution in [0.15, 0.2) is 12.4 Å². The average Bonchev–Trinajstić information content (AvgIpc) is 3.27. The molecule has 1 unspecified atom stereocenters. The number of nitrogens with zero attached hydrogens (tertiary/aromatic N) is 5. The first kappa shape index (κ1) is 18.6. The third kappa shape index (κ3) is 4.69. The van der Waals surface area contributed by atoms with Crippen molar-refractivity contribution in [2.45, 2.75) is 71.5 Å². The molecule has 1 atom stereocenters. The molecular weight excluding hydrogens is 330 g/mol. The van der Waals surface area contributed by atoms with Gasteiger partial charge in [0.15, 0.2) is 5.69 Å². The van der Waals surface area contributed by atoms with Crippen molar-refractivity contribution in [3.8, 4) is 0 Å². The molecule has 0 saturated carbocycles. The molecule has 8 nitrogen and oxygen atoms in total. The van der Waals surface area contributed by atoms with Crippen LogP contribution in [0.3, 0.4) is 0 Å². The van der Waals surface area contributed by atoms with Crippen LogP contribution in [0, 0.1) is 6.92 Å². The number of nitrogens with one attached hydrogen (secondary N) is 2. The first-order valence-electron chi connectivity index (χ1n) is 9.64. The van der Waals surface area contributed by atoms with Crippen LogP contribution < -0.4 is 10.6 Å². The van der Waals surface area contributed by atoms with Crippen molar-refractivity contribution in [2.24, 2.45) is 0 Å². The maximum atomic E-state index is 12.5. The van der Waals surface area contributed by atoms with Gasteiger partial charge < -0.3 is 10.6 Å². The third-order valence-electron chi connectivity index (χ3n) is 4.87. The molecule has 26 heavy (non-hydrogen) atoms. The Kier molecular flexibility index (Phi) is 6.38. The zero-order chi connectivity index (χ0) is 18.4. The van der Waals surface area contributed by atoms with Crippen LogP contribution in [-0.4, -0.2) is 43.3 Å². The number of anilines is 1. The molecule has 0 aromatic carbocycles. The van der Waals surface area contributed by atoms with E-state index >= 15 is 0 Å². The Morgan fingerprint density at radius 1 is 1.38 bits per heavy atom. The van der Waals surface area contributed by atoms with Gasteiger partial charge in [-0.25, -0.2) is 4.68 Å². The van der Waals surface area contributed by atoms with Gasteiger partial charge in [0.25, 0.3) is 5.91 Å². The Morgan fingerprint density at radius 2 is 2.27 bits per heavy atom. The van der Waals surface area contributed by atoms with Crippen LogP contribution in [0.25, 0.3) is 0 Å². The van der Waals surface area contributed by atoms with Crippen LogP contribution in [-0.2, 0) is 13.1 Å². The molecular formula is C18H29N7O. The summed E-state index contributed by atoms with van der Waals surface area (Å²) in [5.74, 6) is 0.498. The van der Waals surface area contributed by atoms with Crippen molar-refractivity contribution in [1.82, 2.24) is 30.1 Å². The normalized spacial score (nSPS) is 17.4. The number of amides is 1. The highest BCUT2D eigenvalue weighted by atomic mass is 16.2. The highest BCUT2D eigenvalue weighted by Gasteiger charge is 2.17. The van der Waals surface area contributed by atoms with Crippen LogP contribution in [0.1, 0.15) is 61.5 Å². The molecule has 3 heterocycles. The van der Waals surface area contributed by atoms with E-state index in [1.807, 2.05) is 11.6 Å². The zero-order valence-corrected chi connectivity index (χ0v) is 15.7. The standard InChI is InChI=1S/C18H29N7O/c1-3-4-10-25-17(14(2)12-20-25)21-18(26)16-13-24(23-22-16)11-8-15-7-5-6-9-19-15/h12-13,15,19H,3-11H2,1-2H3,(H,21,26). The van der Waals surface area contributed by atoms with Crippen molar-refractivity contribution >= 4 is 11.7 Å². The van der Waals surface area contributed by atoms with E-state index in [2.05, 4.69) is 33.0 Å². The summed E-state index contributed by atoms with van der Waals surface area (Å²) in [5, 5.41) is 18.9. The molecule has 2 N–H and O–H groups in total. The number of unbranched alkanes of at least 4 members (excludes halogenated alkanes) is 1. The molecule has 3 rings (SSSR count). The minimum absolute atomic E-state index is 0.242. The van der Waals surface area contributed by atoms with Crippen LogP contribution in [0.5, 0.6) is 0 Å². The molecule has 8 heteroatoms. The van der Waals surface area contributed by atoms with Crippen LogP contribution in [0.2, 0.25) is 0 Å². The number of hydrogen-bond acceptors (Lipinski definition) is 5. The maximum Gasteiger partial charge on any atom is 0.278 e. The van der Waals surface area contributed by atoms with Gasteiger partial charge in [-0.05, 0) is 39.2 Å². The zero-order valence-electron chi connectivity index (χ0n) is 15.7. The summed E-state index contributed by atoms with van der Waals surface area (Å²) in [4.78, 5) is 12.5. The number of carbonyl (C=O) groups is 1. The lowest BCUT2D eigenvalue weighted by Crippen LogP contribution is -2.34. The summed E-state index contributed by atoms with van der Waals surface area (Å²) in [7, 11) is 0. The molecule has 142 valence electrons. The van der Waals surface area contributed by atoms with E-state index in [-0.39, 0.29) is 5.91 Å². The van der Waals surface area contributed by atoms with Gasteiger partial charge in [0.2, 0.25) is 0 Å². The Hall–Kier alpha value is -2.22. The van der Waals surface area contributed by atoms with E-state index < -0.39 is 0 Å². The Labute approximate surface area is 154 Å². The van der Waals surface area contributed by atoms with Crippen LogP contribution in [0.4, 0.5) is 5.82 Å².